The van der Waals surface area contributed by atoms with Crippen LogP contribution in [-0.2, 0) is 6.42 Å². The Morgan fingerprint density at radius 1 is 0.895 bits per heavy atom. The van der Waals surface area contributed by atoms with Gasteiger partial charge in [-0.1, -0.05) is 50.5 Å². The van der Waals surface area contributed by atoms with E-state index in [1.807, 2.05) is 0 Å². The van der Waals surface area contributed by atoms with Crippen LogP contribution >= 0.6 is 0 Å². The molecule has 0 aliphatic heterocycles. The fourth-order valence-corrected chi connectivity index (χ4v) is 2.17. The molecule has 0 unspecified atom stereocenters. The summed E-state index contributed by atoms with van der Waals surface area (Å²) in [6.07, 6.45) is 7.87. The molecule has 0 bridgehead atoms. The molecule has 2 aromatic rings. The fourth-order valence-electron chi connectivity index (χ4n) is 2.17. The summed E-state index contributed by atoms with van der Waals surface area (Å²) in [5, 5.41) is 0. The van der Waals surface area contributed by atoms with Crippen molar-refractivity contribution in [3.05, 3.63) is 54.1 Å². The van der Waals surface area contributed by atoms with Crippen LogP contribution in [0.15, 0.2) is 42.6 Å². The highest BCUT2D eigenvalue weighted by molar-refractivity contribution is 5.62. The van der Waals surface area contributed by atoms with Crippen molar-refractivity contribution < 1.29 is 4.39 Å². The predicted molar refractivity (Wildman–Crippen MR) is 77.5 cm³/mol. The SMILES string of the molecule is CCCCCCc1ccc(-c2ccc(F)nc2)cc1. The molecule has 100 valence electrons. The normalized spacial score (nSPS) is 10.6. The van der Waals surface area contributed by atoms with Crippen molar-refractivity contribution in [3.63, 3.8) is 0 Å². The van der Waals surface area contributed by atoms with E-state index < -0.39 is 5.95 Å². The second kappa shape index (κ2) is 7.03. The number of aromatic nitrogens is 1. The Bertz CT molecular complexity index is 488. The van der Waals surface area contributed by atoms with E-state index in [-0.39, 0.29) is 0 Å². The van der Waals surface area contributed by atoms with Gasteiger partial charge in [0.2, 0.25) is 5.95 Å². The van der Waals surface area contributed by atoms with Gasteiger partial charge in [0, 0.05) is 11.8 Å². The zero-order chi connectivity index (χ0) is 13.5. The number of hydrogen-bond donors (Lipinski definition) is 0. The van der Waals surface area contributed by atoms with Gasteiger partial charge in [-0.3, -0.25) is 0 Å². The van der Waals surface area contributed by atoms with Crippen LogP contribution in [0.2, 0.25) is 0 Å². The maximum Gasteiger partial charge on any atom is 0.212 e. The molecule has 19 heavy (non-hydrogen) atoms. The van der Waals surface area contributed by atoms with Crippen molar-refractivity contribution >= 4 is 0 Å². The zero-order valence-corrected chi connectivity index (χ0v) is 11.4. The lowest BCUT2D eigenvalue weighted by Gasteiger charge is -2.04. The van der Waals surface area contributed by atoms with Crippen LogP contribution in [0.1, 0.15) is 38.2 Å². The highest BCUT2D eigenvalue weighted by Gasteiger charge is 1.99. The van der Waals surface area contributed by atoms with E-state index in [0.717, 1.165) is 17.5 Å². The summed E-state index contributed by atoms with van der Waals surface area (Å²) >= 11 is 0. The minimum Gasteiger partial charge on any atom is -0.228 e. The van der Waals surface area contributed by atoms with E-state index in [4.69, 9.17) is 0 Å². The maximum atomic E-state index is 12.8. The summed E-state index contributed by atoms with van der Waals surface area (Å²) in [4.78, 5) is 3.68. The summed E-state index contributed by atoms with van der Waals surface area (Å²) < 4.78 is 12.8. The average Bonchev–Trinajstić information content (AvgIpc) is 2.45. The Labute approximate surface area is 114 Å². The van der Waals surface area contributed by atoms with Crippen molar-refractivity contribution in [2.75, 3.05) is 0 Å². The van der Waals surface area contributed by atoms with Gasteiger partial charge in [-0.15, -0.1) is 0 Å². The minimum atomic E-state index is -0.434. The number of rotatable bonds is 6. The lowest BCUT2D eigenvalue weighted by Crippen LogP contribution is -1.87. The number of nitrogens with zero attached hydrogens (tertiary/aromatic N) is 1. The van der Waals surface area contributed by atoms with Crippen LogP contribution in [0.3, 0.4) is 0 Å². The summed E-state index contributed by atoms with van der Waals surface area (Å²) in [7, 11) is 0. The van der Waals surface area contributed by atoms with Gasteiger partial charge in [0.1, 0.15) is 0 Å². The Morgan fingerprint density at radius 3 is 2.26 bits per heavy atom. The Morgan fingerprint density at radius 2 is 1.63 bits per heavy atom. The fraction of sp³-hybridized carbons (Fsp3) is 0.353. The van der Waals surface area contributed by atoms with Gasteiger partial charge in [0.15, 0.2) is 0 Å². The molecular formula is C17H20FN. The van der Waals surface area contributed by atoms with Crippen LogP contribution in [0.4, 0.5) is 4.39 Å². The van der Waals surface area contributed by atoms with Crippen molar-refractivity contribution in [3.8, 4) is 11.1 Å². The van der Waals surface area contributed by atoms with Crippen molar-refractivity contribution in [1.29, 1.82) is 0 Å². The first-order chi connectivity index (χ1) is 9.29. The van der Waals surface area contributed by atoms with Crippen LogP contribution in [0.5, 0.6) is 0 Å². The second-order valence-corrected chi connectivity index (χ2v) is 4.88. The van der Waals surface area contributed by atoms with E-state index in [9.17, 15) is 4.39 Å². The van der Waals surface area contributed by atoms with Gasteiger partial charge in [0.25, 0.3) is 0 Å². The van der Waals surface area contributed by atoms with Crippen LogP contribution in [0.25, 0.3) is 11.1 Å². The Kier molecular flexibility index (Phi) is 5.08. The molecule has 0 radical (unpaired) electrons. The summed E-state index contributed by atoms with van der Waals surface area (Å²) in [5.41, 5.74) is 3.42. The van der Waals surface area contributed by atoms with Crippen LogP contribution in [-0.4, -0.2) is 4.98 Å². The standard InChI is InChI=1S/C17H20FN/c1-2-3-4-5-6-14-7-9-15(10-8-14)16-11-12-17(18)19-13-16/h7-13H,2-6H2,1H3. The minimum absolute atomic E-state index is 0.434. The molecule has 0 spiro atoms. The largest absolute Gasteiger partial charge is 0.228 e. The van der Waals surface area contributed by atoms with Gasteiger partial charge in [-0.05, 0) is 36.1 Å². The number of pyridine rings is 1. The molecule has 0 aliphatic rings. The molecular weight excluding hydrogens is 237 g/mol. The molecule has 0 N–H and O–H groups in total. The van der Waals surface area contributed by atoms with E-state index in [1.54, 1.807) is 12.3 Å². The Balaban J connectivity index is 1.96. The number of aryl methyl sites for hydroxylation is 1. The number of benzene rings is 1. The van der Waals surface area contributed by atoms with Crippen molar-refractivity contribution in [1.82, 2.24) is 4.98 Å². The van der Waals surface area contributed by atoms with E-state index >= 15 is 0 Å². The van der Waals surface area contributed by atoms with E-state index in [2.05, 4.69) is 36.2 Å². The lowest BCUT2D eigenvalue weighted by molar-refractivity contribution is 0.584. The van der Waals surface area contributed by atoms with Crippen molar-refractivity contribution in [2.24, 2.45) is 0 Å². The molecule has 0 amide bonds. The van der Waals surface area contributed by atoms with Gasteiger partial charge >= 0.3 is 0 Å². The van der Waals surface area contributed by atoms with Crippen molar-refractivity contribution in [2.45, 2.75) is 39.0 Å². The van der Waals surface area contributed by atoms with Crippen LogP contribution < -0.4 is 0 Å². The third kappa shape index (κ3) is 4.16. The lowest BCUT2D eigenvalue weighted by atomic mass is 10.0. The monoisotopic (exact) mass is 257 g/mol. The molecule has 1 aromatic carbocycles. The number of halogens is 1. The molecule has 1 nitrogen and oxygen atoms in total. The molecule has 1 heterocycles. The third-order valence-corrected chi connectivity index (χ3v) is 3.33. The molecule has 0 fully saturated rings. The van der Waals surface area contributed by atoms with Crippen LogP contribution in [0, 0.1) is 5.95 Å². The van der Waals surface area contributed by atoms with E-state index in [1.165, 1.54) is 37.3 Å². The molecule has 2 heteroatoms. The van der Waals surface area contributed by atoms with Gasteiger partial charge < -0.3 is 0 Å². The second-order valence-electron chi connectivity index (χ2n) is 4.88. The average molecular weight is 257 g/mol. The predicted octanol–water partition coefficient (Wildman–Crippen LogP) is 5.01. The van der Waals surface area contributed by atoms with E-state index in [0.29, 0.717) is 0 Å². The first-order valence-corrected chi connectivity index (χ1v) is 7.00. The summed E-state index contributed by atoms with van der Waals surface area (Å²) in [6, 6.07) is 11.6. The number of unbranched alkanes of at least 4 members (excludes halogenated alkanes) is 3. The topological polar surface area (TPSA) is 12.9 Å². The molecule has 1 aromatic heterocycles. The van der Waals surface area contributed by atoms with Gasteiger partial charge in [-0.2, -0.15) is 4.39 Å². The zero-order valence-electron chi connectivity index (χ0n) is 11.4. The highest BCUT2D eigenvalue weighted by Crippen LogP contribution is 2.19. The first kappa shape index (κ1) is 13.7. The first-order valence-electron chi connectivity index (χ1n) is 7.00. The number of hydrogen-bond acceptors (Lipinski definition) is 1. The van der Waals surface area contributed by atoms with Gasteiger partial charge in [-0.25, -0.2) is 4.98 Å². The molecule has 0 aliphatic carbocycles. The quantitative estimate of drug-likeness (QED) is 0.523. The molecule has 0 saturated carbocycles. The summed E-state index contributed by atoms with van der Waals surface area (Å²) in [5.74, 6) is -0.434. The molecule has 0 saturated heterocycles. The summed E-state index contributed by atoms with van der Waals surface area (Å²) in [6.45, 7) is 2.23. The smallest absolute Gasteiger partial charge is 0.212 e. The molecule has 2 rings (SSSR count). The maximum absolute atomic E-state index is 12.8. The Hall–Kier alpha value is -1.70. The molecule has 0 atom stereocenters. The third-order valence-electron chi connectivity index (χ3n) is 3.33. The van der Waals surface area contributed by atoms with Gasteiger partial charge in [0.05, 0.1) is 0 Å². The highest BCUT2D eigenvalue weighted by atomic mass is 19.1.